The van der Waals surface area contributed by atoms with Crippen molar-refractivity contribution in [3.8, 4) is 0 Å². The lowest BCUT2D eigenvalue weighted by Gasteiger charge is -2.30. The van der Waals surface area contributed by atoms with Crippen LogP contribution in [0.15, 0.2) is 31.7 Å². The molecule has 0 unspecified atom stereocenters. The highest BCUT2D eigenvalue weighted by Crippen LogP contribution is 2.31. The monoisotopic (exact) mass is 435 g/mol. The molecule has 0 aliphatic carbocycles. The Kier molecular flexibility index (Phi) is 5.16. The molecular formula is C13H14BrN3O3S3. The number of aromatic nitrogens is 1. The van der Waals surface area contributed by atoms with Crippen LogP contribution in [0.5, 0.6) is 0 Å². The average Bonchev–Trinajstić information content (AvgIpc) is 3.19. The first kappa shape index (κ1) is 17.0. The van der Waals surface area contributed by atoms with Gasteiger partial charge in [-0.05, 0) is 40.9 Å². The largest absolute Gasteiger partial charge is 0.302 e. The topological polar surface area (TPSA) is 79.4 Å². The zero-order chi connectivity index (χ0) is 16.4. The number of hydrogen-bond donors (Lipinski definition) is 1. The third-order valence-electron chi connectivity index (χ3n) is 3.56. The maximum Gasteiger partial charge on any atom is 0.252 e. The molecule has 0 radical (unpaired) electrons. The second-order valence-corrected chi connectivity index (χ2v) is 10.6. The van der Waals surface area contributed by atoms with E-state index in [4.69, 9.17) is 0 Å². The zero-order valence-electron chi connectivity index (χ0n) is 11.9. The molecule has 124 valence electrons. The zero-order valence-corrected chi connectivity index (χ0v) is 16.0. The molecule has 0 aromatic carbocycles. The minimum absolute atomic E-state index is 0.174. The van der Waals surface area contributed by atoms with Gasteiger partial charge in [0.1, 0.15) is 4.21 Å². The quantitative estimate of drug-likeness (QED) is 0.799. The Balaban J connectivity index is 1.71. The fourth-order valence-corrected chi connectivity index (χ4v) is 6.65. The Morgan fingerprint density at radius 2 is 2.26 bits per heavy atom. The Morgan fingerprint density at radius 3 is 2.91 bits per heavy atom. The van der Waals surface area contributed by atoms with Gasteiger partial charge in [0.15, 0.2) is 5.13 Å². The van der Waals surface area contributed by atoms with Crippen LogP contribution in [0.2, 0.25) is 0 Å². The highest BCUT2D eigenvalue weighted by atomic mass is 79.9. The summed E-state index contributed by atoms with van der Waals surface area (Å²) in [5.41, 5.74) is 0. The van der Waals surface area contributed by atoms with Gasteiger partial charge in [-0.15, -0.1) is 22.7 Å². The number of carbonyl (C=O) groups excluding carboxylic acids is 1. The number of thiazole rings is 1. The summed E-state index contributed by atoms with van der Waals surface area (Å²) in [6.45, 7) is 0.647. The van der Waals surface area contributed by atoms with Crippen LogP contribution < -0.4 is 5.32 Å². The number of halogens is 1. The van der Waals surface area contributed by atoms with Crippen molar-refractivity contribution in [3.05, 3.63) is 27.5 Å². The second-order valence-electron chi connectivity index (χ2n) is 5.09. The number of nitrogens with one attached hydrogen (secondary N) is 1. The van der Waals surface area contributed by atoms with Gasteiger partial charge in [-0.2, -0.15) is 4.31 Å². The van der Waals surface area contributed by atoms with Gasteiger partial charge >= 0.3 is 0 Å². The summed E-state index contributed by atoms with van der Waals surface area (Å²) in [7, 11) is -3.54. The summed E-state index contributed by atoms with van der Waals surface area (Å²) >= 11 is 5.81. The van der Waals surface area contributed by atoms with E-state index in [0.29, 0.717) is 28.7 Å². The molecule has 0 saturated carbocycles. The van der Waals surface area contributed by atoms with Gasteiger partial charge in [-0.3, -0.25) is 4.79 Å². The van der Waals surface area contributed by atoms with E-state index >= 15 is 0 Å². The first-order valence-corrected chi connectivity index (χ1v) is 10.9. The van der Waals surface area contributed by atoms with Crippen LogP contribution in [0.4, 0.5) is 5.13 Å². The molecule has 1 aliphatic rings. The first-order valence-electron chi connectivity index (χ1n) is 6.92. The third-order valence-corrected chi connectivity index (χ3v) is 8.20. The van der Waals surface area contributed by atoms with Crippen LogP contribution in [-0.4, -0.2) is 36.7 Å². The van der Waals surface area contributed by atoms with Crippen LogP contribution in [0.1, 0.15) is 12.8 Å². The summed E-state index contributed by atoms with van der Waals surface area (Å²) in [5.74, 6) is -0.530. The molecular weight excluding hydrogens is 422 g/mol. The van der Waals surface area contributed by atoms with Crippen molar-refractivity contribution in [2.75, 3.05) is 18.4 Å². The summed E-state index contributed by atoms with van der Waals surface area (Å²) < 4.78 is 27.8. The molecule has 1 fully saturated rings. The van der Waals surface area contributed by atoms with E-state index in [-0.39, 0.29) is 18.4 Å². The van der Waals surface area contributed by atoms with Crippen LogP contribution in [0.3, 0.4) is 0 Å². The van der Waals surface area contributed by atoms with Crippen LogP contribution >= 0.6 is 38.6 Å². The SMILES string of the molecule is O=C(Nc1nccs1)[C@H]1CCCN(S(=O)(=O)c2ccc(Br)s2)C1. The van der Waals surface area contributed by atoms with Crippen LogP contribution in [0, 0.1) is 5.92 Å². The molecule has 1 amide bonds. The van der Waals surface area contributed by atoms with Gasteiger partial charge in [0.2, 0.25) is 5.91 Å². The number of sulfonamides is 1. The molecule has 2 aromatic rings. The minimum Gasteiger partial charge on any atom is -0.302 e. The van der Waals surface area contributed by atoms with Crippen molar-refractivity contribution in [2.24, 2.45) is 5.92 Å². The van der Waals surface area contributed by atoms with Gasteiger partial charge in [0.25, 0.3) is 10.0 Å². The number of thiophene rings is 1. The molecule has 0 bridgehead atoms. The maximum absolute atomic E-state index is 12.7. The molecule has 3 rings (SSSR count). The molecule has 3 heterocycles. The van der Waals surface area contributed by atoms with Crippen molar-refractivity contribution in [1.82, 2.24) is 9.29 Å². The molecule has 23 heavy (non-hydrogen) atoms. The third kappa shape index (κ3) is 3.82. The van der Waals surface area contributed by atoms with Crippen molar-refractivity contribution in [2.45, 2.75) is 17.1 Å². The van der Waals surface area contributed by atoms with Crippen LogP contribution in [0.25, 0.3) is 0 Å². The van der Waals surface area contributed by atoms with Gasteiger partial charge < -0.3 is 5.32 Å². The number of nitrogens with zero attached hydrogens (tertiary/aromatic N) is 2. The number of hydrogen-bond acceptors (Lipinski definition) is 6. The summed E-state index contributed by atoms with van der Waals surface area (Å²) in [4.78, 5) is 16.3. The Bertz CT molecular complexity index is 789. The Morgan fingerprint density at radius 1 is 1.43 bits per heavy atom. The number of carbonyl (C=O) groups is 1. The van der Waals surface area contributed by atoms with E-state index < -0.39 is 10.0 Å². The lowest BCUT2D eigenvalue weighted by molar-refractivity contribution is -0.120. The van der Waals surface area contributed by atoms with Crippen molar-refractivity contribution < 1.29 is 13.2 Å². The molecule has 10 heteroatoms. The van der Waals surface area contributed by atoms with Gasteiger partial charge in [0.05, 0.1) is 9.70 Å². The van der Waals surface area contributed by atoms with E-state index in [0.717, 1.165) is 3.79 Å². The van der Waals surface area contributed by atoms with Crippen LogP contribution in [-0.2, 0) is 14.8 Å². The molecule has 1 N–H and O–H groups in total. The second kappa shape index (κ2) is 6.98. The maximum atomic E-state index is 12.7. The normalized spacial score (nSPS) is 19.6. The van der Waals surface area contributed by atoms with Crippen molar-refractivity contribution in [3.63, 3.8) is 0 Å². The standard InChI is InChI=1S/C13H14BrN3O3S3/c14-10-3-4-11(22-10)23(19,20)17-6-1-2-9(8-17)12(18)16-13-15-5-7-21-13/h3-5,7,9H,1-2,6,8H2,(H,15,16,18)/t9-/m0/s1. The van der Waals surface area contributed by atoms with Gasteiger partial charge in [-0.1, -0.05) is 0 Å². The average molecular weight is 436 g/mol. The Hall–Kier alpha value is -0.810. The van der Waals surface area contributed by atoms with Crippen molar-refractivity contribution >= 4 is 59.7 Å². The summed E-state index contributed by atoms with van der Waals surface area (Å²) in [6, 6.07) is 3.30. The fraction of sp³-hybridized carbons (Fsp3) is 0.385. The van der Waals surface area contributed by atoms with E-state index in [2.05, 4.69) is 26.2 Å². The number of anilines is 1. The molecule has 1 saturated heterocycles. The number of rotatable bonds is 4. The lowest BCUT2D eigenvalue weighted by atomic mass is 9.99. The fourth-order valence-electron chi connectivity index (χ4n) is 2.43. The predicted molar refractivity (Wildman–Crippen MR) is 94.2 cm³/mol. The molecule has 2 aromatic heterocycles. The Labute approximate surface area is 150 Å². The van der Waals surface area contributed by atoms with E-state index in [1.54, 1.807) is 23.7 Å². The molecule has 1 atom stereocenters. The highest BCUT2D eigenvalue weighted by Gasteiger charge is 2.34. The predicted octanol–water partition coefficient (Wildman–Crippen LogP) is 3.01. The molecule has 0 spiro atoms. The summed E-state index contributed by atoms with van der Waals surface area (Å²) in [6.07, 6.45) is 2.96. The summed E-state index contributed by atoms with van der Waals surface area (Å²) in [5, 5.41) is 5.07. The molecule has 6 nitrogen and oxygen atoms in total. The van der Waals surface area contributed by atoms with Gasteiger partial charge in [-0.25, -0.2) is 13.4 Å². The van der Waals surface area contributed by atoms with E-state index in [1.165, 1.54) is 27.0 Å². The lowest BCUT2D eigenvalue weighted by Crippen LogP contribution is -2.43. The number of amides is 1. The first-order chi connectivity index (χ1) is 11.0. The molecule has 1 aliphatic heterocycles. The smallest absolute Gasteiger partial charge is 0.252 e. The number of piperidine rings is 1. The van der Waals surface area contributed by atoms with Crippen molar-refractivity contribution in [1.29, 1.82) is 0 Å². The minimum atomic E-state index is -3.54. The van der Waals surface area contributed by atoms with Gasteiger partial charge in [0, 0.05) is 24.7 Å². The van der Waals surface area contributed by atoms with E-state index in [1.807, 2.05) is 0 Å². The highest BCUT2D eigenvalue weighted by molar-refractivity contribution is 9.11. The van der Waals surface area contributed by atoms with E-state index in [9.17, 15) is 13.2 Å².